The maximum atomic E-state index is 11.4. The molecule has 1 N–H and O–H groups in total. The molecular weight excluding hydrogens is 278 g/mol. The third-order valence-corrected chi connectivity index (χ3v) is 4.31. The molecule has 7 nitrogen and oxygen atoms in total. The molecule has 8 heteroatoms. The van der Waals surface area contributed by atoms with Gasteiger partial charge in [0.25, 0.3) is 0 Å². The summed E-state index contributed by atoms with van der Waals surface area (Å²) in [6, 6.07) is 5.66. The number of hydrogen-bond acceptors (Lipinski definition) is 5. The average molecular weight is 297 g/mol. The summed E-state index contributed by atoms with van der Waals surface area (Å²) in [4.78, 5) is 4.31. The number of nitrogens with one attached hydrogen (secondary N) is 1. The molecule has 0 unspecified atom stereocenters. The summed E-state index contributed by atoms with van der Waals surface area (Å²) >= 11 is 0. The number of aromatic nitrogens is 3. The first-order valence-electron chi connectivity index (χ1n) is 6.51. The standard InChI is InChI=1S/C12H19N5O2S/c1-3-16(20(2,18)19)9-6-8-13-12-14-11-7-4-5-10-17(11)15-12/h4-5,7,10H,3,6,8-9H2,1-2H3,(H,13,15). The van der Waals surface area contributed by atoms with Crippen molar-refractivity contribution in [1.29, 1.82) is 0 Å². The highest BCUT2D eigenvalue weighted by atomic mass is 32.2. The minimum atomic E-state index is -3.11. The largest absolute Gasteiger partial charge is 0.353 e. The summed E-state index contributed by atoms with van der Waals surface area (Å²) in [7, 11) is -3.11. The van der Waals surface area contributed by atoms with Crippen molar-refractivity contribution in [1.82, 2.24) is 18.9 Å². The molecule has 2 aromatic rings. The lowest BCUT2D eigenvalue weighted by molar-refractivity contribution is 0.428. The number of sulfonamides is 1. The normalized spacial score (nSPS) is 12.2. The van der Waals surface area contributed by atoms with Gasteiger partial charge in [-0.15, -0.1) is 5.10 Å². The average Bonchev–Trinajstić information content (AvgIpc) is 2.79. The third kappa shape index (κ3) is 3.67. The molecule has 0 atom stereocenters. The molecular formula is C12H19N5O2S. The second-order valence-corrected chi connectivity index (χ2v) is 6.46. The summed E-state index contributed by atoms with van der Waals surface area (Å²) in [6.45, 7) is 3.45. The minimum absolute atomic E-state index is 0.492. The van der Waals surface area contributed by atoms with Crippen LogP contribution in [-0.4, -0.2) is 53.2 Å². The zero-order valence-electron chi connectivity index (χ0n) is 11.7. The second kappa shape index (κ2) is 6.19. The van der Waals surface area contributed by atoms with E-state index in [0.29, 0.717) is 32.0 Å². The Labute approximate surface area is 118 Å². The minimum Gasteiger partial charge on any atom is -0.353 e. The summed E-state index contributed by atoms with van der Waals surface area (Å²) in [6.07, 6.45) is 3.76. The van der Waals surface area contributed by atoms with Crippen molar-refractivity contribution in [3.05, 3.63) is 24.4 Å². The molecule has 0 aliphatic rings. The Kier molecular flexibility index (Phi) is 4.56. The van der Waals surface area contributed by atoms with Crippen LogP contribution in [0.1, 0.15) is 13.3 Å². The molecule has 0 spiro atoms. The van der Waals surface area contributed by atoms with E-state index in [0.717, 1.165) is 5.65 Å². The van der Waals surface area contributed by atoms with E-state index in [2.05, 4.69) is 15.4 Å². The molecule has 0 amide bonds. The highest BCUT2D eigenvalue weighted by molar-refractivity contribution is 7.88. The van der Waals surface area contributed by atoms with Crippen LogP contribution in [0.4, 0.5) is 5.95 Å². The lowest BCUT2D eigenvalue weighted by Crippen LogP contribution is -2.31. The molecule has 0 saturated heterocycles. The Bertz CT molecular complexity index is 634. The first kappa shape index (κ1) is 14.7. The van der Waals surface area contributed by atoms with Gasteiger partial charge in [0.15, 0.2) is 5.65 Å². The van der Waals surface area contributed by atoms with Gasteiger partial charge < -0.3 is 5.32 Å². The molecule has 2 rings (SSSR count). The SMILES string of the molecule is CCN(CCCNc1nc2ccccn2n1)S(C)(=O)=O. The van der Waals surface area contributed by atoms with Gasteiger partial charge in [0.2, 0.25) is 16.0 Å². The summed E-state index contributed by atoms with van der Waals surface area (Å²) < 4.78 is 26.0. The van der Waals surface area contributed by atoms with Crippen LogP contribution < -0.4 is 5.32 Å². The Hall–Kier alpha value is -1.67. The first-order valence-corrected chi connectivity index (χ1v) is 8.36. The molecule has 0 aliphatic carbocycles. The number of hydrogen-bond donors (Lipinski definition) is 1. The molecule has 0 aromatic carbocycles. The first-order chi connectivity index (χ1) is 9.50. The molecule has 0 radical (unpaired) electrons. The van der Waals surface area contributed by atoms with Crippen LogP contribution in [0, 0.1) is 0 Å². The van der Waals surface area contributed by atoms with Gasteiger partial charge in [-0.3, -0.25) is 0 Å². The van der Waals surface area contributed by atoms with Crippen LogP contribution in [-0.2, 0) is 10.0 Å². The van der Waals surface area contributed by atoms with Crippen LogP contribution in [0.2, 0.25) is 0 Å². The predicted octanol–water partition coefficient (Wildman–Crippen LogP) is 0.813. The highest BCUT2D eigenvalue weighted by Gasteiger charge is 2.13. The van der Waals surface area contributed by atoms with Gasteiger partial charge in [-0.25, -0.2) is 17.2 Å². The van der Waals surface area contributed by atoms with E-state index in [1.165, 1.54) is 10.6 Å². The molecule has 2 heterocycles. The quantitative estimate of drug-likeness (QED) is 0.765. The van der Waals surface area contributed by atoms with Gasteiger partial charge in [-0.1, -0.05) is 13.0 Å². The van der Waals surface area contributed by atoms with Crippen molar-refractivity contribution in [3.63, 3.8) is 0 Å². The molecule has 0 bridgehead atoms. The van der Waals surface area contributed by atoms with Crippen molar-refractivity contribution in [3.8, 4) is 0 Å². The second-order valence-electron chi connectivity index (χ2n) is 4.47. The van der Waals surface area contributed by atoms with Gasteiger partial charge in [0, 0.05) is 25.8 Å². The molecule has 2 aromatic heterocycles. The Morgan fingerprint density at radius 2 is 2.20 bits per heavy atom. The van der Waals surface area contributed by atoms with Gasteiger partial charge in [-0.2, -0.15) is 4.98 Å². The number of nitrogens with zero attached hydrogens (tertiary/aromatic N) is 4. The fraction of sp³-hybridized carbons (Fsp3) is 0.500. The monoisotopic (exact) mass is 297 g/mol. The zero-order valence-corrected chi connectivity index (χ0v) is 12.5. The summed E-state index contributed by atoms with van der Waals surface area (Å²) in [5.41, 5.74) is 0.779. The van der Waals surface area contributed by atoms with E-state index < -0.39 is 10.0 Å². The third-order valence-electron chi connectivity index (χ3n) is 2.93. The number of anilines is 1. The highest BCUT2D eigenvalue weighted by Crippen LogP contribution is 2.05. The van der Waals surface area contributed by atoms with Gasteiger partial charge >= 0.3 is 0 Å². The van der Waals surface area contributed by atoms with Crippen molar-refractivity contribution in [2.24, 2.45) is 0 Å². The van der Waals surface area contributed by atoms with E-state index in [4.69, 9.17) is 0 Å². The number of rotatable bonds is 7. The van der Waals surface area contributed by atoms with Crippen LogP contribution in [0.15, 0.2) is 24.4 Å². The van der Waals surface area contributed by atoms with Crippen molar-refractivity contribution in [2.45, 2.75) is 13.3 Å². The fourth-order valence-corrected chi connectivity index (χ4v) is 2.85. The Morgan fingerprint density at radius 3 is 2.85 bits per heavy atom. The lowest BCUT2D eigenvalue weighted by Gasteiger charge is -2.17. The number of pyridine rings is 1. The van der Waals surface area contributed by atoms with Gasteiger partial charge in [-0.05, 0) is 18.6 Å². The molecule has 0 aliphatic heterocycles. The van der Waals surface area contributed by atoms with Gasteiger partial charge in [0.05, 0.1) is 6.26 Å². The van der Waals surface area contributed by atoms with Gasteiger partial charge in [0.1, 0.15) is 0 Å². The summed E-state index contributed by atoms with van der Waals surface area (Å²) in [5.74, 6) is 0.554. The molecule has 20 heavy (non-hydrogen) atoms. The predicted molar refractivity (Wildman–Crippen MR) is 78.2 cm³/mol. The molecule has 110 valence electrons. The van der Waals surface area contributed by atoms with E-state index in [9.17, 15) is 8.42 Å². The summed E-state index contributed by atoms with van der Waals surface area (Å²) in [5, 5.41) is 7.36. The van der Waals surface area contributed by atoms with E-state index >= 15 is 0 Å². The molecule has 0 fully saturated rings. The zero-order chi connectivity index (χ0) is 14.6. The fourth-order valence-electron chi connectivity index (χ4n) is 1.92. The Balaban J connectivity index is 1.84. The van der Waals surface area contributed by atoms with Crippen molar-refractivity contribution >= 4 is 21.6 Å². The smallest absolute Gasteiger partial charge is 0.243 e. The van der Waals surface area contributed by atoms with Crippen LogP contribution in [0.5, 0.6) is 0 Å². The molecule has 0 saturated carbocycles. The van der Waals surface area contributed by atoms with Crippen LogP contribution in [0.25, 0.3) is 5.65 Å². The Morgan fingerprint density at radius 1 is 1.40 bits per heavy atom. The van der Waals surface area contributed by atoms with Crippen LogP contribution >= 0.6 is 0 Å². The maximum absolute atomic E-state index is 11.4. The maximum Gasteiger partial charge on any atom is 0.243 e. The van der Waals surface area contributed by atoms with Crippen LogP contribution in [0.3, 0.4) is 0 Å². The topological polar surface area (TPSA) is 79.6 Å². The van der Waals surface area contributed by atoms with Crippen molar-refractivity contribution < 1.29 is 8.42 Å². The van der Waals surface area contributed by atoms with E-state index in [-0.39, 0.29) is 0 Å². The lowest BCUT2D eigenvalue weighted by atomic mass is 10.4. The van der Waals surface area contributed by atoms with Crippen molar-refractivity contribution in [2.75, 3.05) is 31.2 Å². The number of fused-ring (bicyclic) bond motifs is 1. The van der Waals surface area contributed by atoms with E-state index in [1.807, 2.05) is 31.3 Å². The van der Waals surface area contributed by atoms with E-state index in [1.54, 1.807) is 4.52 Å².